The van der Waals surface area contributed by atoms with Crippen LogP contribution in [0.5, 0.6) is 0 Å². The van der Waals surface area contributed by atoms with E-state index in [4.69, 9.17) is 11.6 Å². The van der Waals surface area contributed by atoms with Crippen LogP contribution in [0.15, 0.2) is 6.33 Å². The van der Waals surface area contributed by atoms with Gasteiger partial charge in [-0.15, -0.1) is 0 Å². The maximum absolute atomic E-state index is 12.0. The number of hydrogen-bond donors (Lipinski definition) is 0. The van der Waals surface area contributed by atoms with Crippen molar-refractivity contribution in [3.63, 3.8) is 0 Å². The van der Waals surface area contributed by atoms with Crippen LogP contribution in [0.3, 0.4) is 0 Å². The molecule has 0 fully saturated rings. The molecule has 100 valence electrons. The molecule has 5 nitrogen and oxygen atoms in total. The van der Waals surface area contributed by atoms with Crippen LogP contribution in [0.2, 0.25) is 5.15 Å². The number of amides is 1. The summed E-state index contributed by atoms with van der Waals surface area (Å²) in [4.78, 5) is 23.6. The van der Waals surface area contributed by atoms with Crippen molar-refractivity contribution >= 4 is 23.3 Å². The van der Waals surface area contributed by atoms with Gasteiger partial charge in [0.15, 0.2) is 0 Å². The third-order valence-corrected chi connectivity index (χ3v) is 3.23. The smallest absolute Gasteiger partial charge is 0.242 e. The molecule has 1 amide bonds. The van der Waals surface area contributed by atoms with E-state index in [9.17, 15) is 4.79 Å². The Morgan fingerprint density at radius 2 is 1.94 bits per heavy atom. The molecule has 0 saturated heterocycles. The zero-order chi connectivity index (χ0) is 13.7. The predicted octanol–water partition coefficient (Wildman–Crippen LogP) is 1.74. The molecule has 6 heteroatoms. The summed E-state index contributed by atoms with van der Waals surface area (Å²) < 4.78 is 0. The SMILES string of the molecule is CCN(CC)C(=O)CN(C)c1ncnc(Cl)c1C. The van der Waals surface area contributed by atoms with Gasteiger partial charge in [0.2, 0.25) is 5.91 Å². The minimum absolute atomic E-state index is 0.0802. The van der Waals surface area contributed by atoms with Crippen LogP contribution in [0.1, 0.15) is 19.4 Å². The lowest BCUT2D eigenvalue weighted by molar-refractivity contribution is -0.129. The maximum Gasteiger partial charge on any atom is 0.242 e. The first kappa shape index (κ1) is 14.7. The number of halogens is 1. The molecule has 0 aliphatic rings. The van der Waals surface area contributed by atoms with Crippen LogP contribution >= 0.6 is 11.6 Å². The number of rotatable bonds is 5. The molecule has 0 bridgehead atoms. The summed E-state index contributed by atoms with van der Waals surface area (Å²) in [6, 6.07) is 0. The van der Waals surface area contributed by atoms with Crippen LogP contribution < -0.4 is 4.90 Å². The first-order valence-electron chi connectivity index (χ1n) is 5.97. The van der Waals surface area contributed by atoms with Crippen molar-refractivity contribution in [1.29, 1.82) is 0 Å². The van der Waals surface area contributed by atoms with Gasteiger partial charge in [-0.3, -0.25) is 4.79 Å². The number of aromatic nitrogens is 2. The van der Waals surface area contributed by atoms with Gasteiger partial charge in [-0.2, -0.15) is 0 Å². The Bertz CT molecular complexity index is 421. The van der Waals surface area contributed by atoms with Gasteiger partial charge in [-0.1, -0.05) is 11.6 Å². The van der Waals surface area contributed by atoms with Crippen molar-refractivity contribution in [2.24, 2.45) is 0 Å². The summed E-state index contributed by atoms with van der Waals surface area (Å²) >= 11 is 5.94. The molecule has 1 rings (SSSR count). The van der Waals surface area contributed by atoms with Crippen LogP contribution in [0.4, 0.5) is 5.82 Å². The molecule has 18 heavy (non-hydrogen) atoms. The van der Waals surface area contributed by atoms with Crippen LogP contribution in [-0.4, -0.2) is 47.5 Å². The molecular formula is C12H19ClN4O. The summed E-state index contributed by atoms with van der Waals surface area (Å²) in [5, 5.41) is 0.419. The van der Waals surface area contributed by atoms with E-state index in [2.05, 4.69) is 9.97 Å². The summed E-state index contributed by atoms with van der Waals surface area (Å²) in [7, 11) is 1.83. The molecule has 0 N–H and O–H groups in total. The quantitative estimate of drug-likeness (QED) is 0.765. The fraction of sp³-hybridized carbons (Fsp3) is 0.583. The van der Waals surface area contributed by atoms with E-state index in [0.29, 0.717) is 24.1 Å². The average Bonchev–Trinajstić information content (AvgIpc) is 2.34. The van der Waals surface area contributed by atoms with Crippen molar-refractivity contribution in [3.05, 3.63) is 17.0 Å². The first-order valence-corrected chi connectivity index (χ1v) is 6.35. The second kappa shape index (κ2) is 6.54. The zero-order valence-corrected chi connectivity index (χ0v) is 12.0. The maximum atomic E-state index is 12.0. The number of hydrogen-bond acceptors (Lipinski definition) is 4. The second-order valence-corrected chi connectivity index (χ2v) is 4.39. The number of likely N-dealkylation sites (N-methyl/N-ethyl adjacent to an activating group) is 2. The highest BCUT2D eigenvalue weighted by Crippen LogP contribution is 2.20. The molecular weight excluding hydrogens is 252 g/mol. The van der Waals surface area contributed by atoms with E-state index in [1.54, 1.807) is 9.80 Å². The molecule has 0 spiro atoms. The molecule has 1 heterocycles. The highest BCUT2D eigenvalue weighted by molar-refractivity contribution is 6.30. The Balaban J connectivity index is 2.79. The summed E-state index contributed by atoms with van der Waals surface area (Å²) in [6.07, 6.45) is 1.41. The highest BCUT2D eigenvalue weighted by atomic mass is 35.5. The fourth-order valence-electron chi connectivity index (χ4n) is 1.76. The number of carbonyl (C=O) groups excluding carboxylic acids is 1. The Hall–Kier alpha value is -1.36. The monoisotopic (exact) mass is 270 g/mol. The largest absolute Gasteiger partial charge is 0.350 e. The van der Waals surface area contributed by atoms with Gasteiger partial charge in [0, 0.05) is 25.7 Å². The lowest BCUT2D eigenvalue weighted by Crippen LogP contribution is -2.39. The Kier molecular flexibility index (Phi) is 5.34. The fourth-order valence-corrected chi connectivity index (χ4v) is 1.89. The third kappa shape index (κ3) is 3.32. The van der Waals surface area contributed by atoms with Crippen molar-refractivity contribution in [1.82, 2.24) is 14.9 Å². The molecule has 1 aromatic rings. The number of anilines is 1. The molecule has 0 saturated carbocycles. The van der Waals surface area contributed by atoms with E-state index < -0.39 is 0 Å². The molecule has 0 unspecified atom stereocenters. The predicted molar refractivity (Wildman–Crippen MR) is 73.0 cm³/mol. The normalized spacial score (nSPS) is 10.3. The van der Waals surface area contributed by atoms with Gasteiger partial charge < -0.3 is 9.80 Å². The van der Waals surface area contributed by atoms with Gasteiger partial charge in [-0.05, 0) is 20.8 Å². The highest BCUT2D eigenvalue weighted by Gasteiger charge is 2.16. The summed E-state index contributed by atoms with van der Waals surface area (Å²) in [6.45, 7) is 7.49. The Labute approximate surface area is 113 Å². The van der Waals surface area contributed by atoms with Gasteiger partial charge in [0.25, 0.3) is 0 Å². The van der Waals surface area contributed by atoms with Gasteiger partial charge in [0.1, 0.15) is 17.3 Å². The van der Waals surface area contributed by atoms with Crippen LogP contribution in [0, 0.1) is 6.92 Å². The third-order valence-electron chi connectivity index (χ3n) is 2.85. The lowest BCUT2D eigenvalue weighted by atomic mass is 10.3. The summed E-state index contributed by atoms with van der Waals surface area (Å²) in [5.74, 6) is 0.771. The van der Waals surface area contributed by atoms with E-state index in [-0.39, 0.29) is 12.5 Å². The Morgan fingerprint density at radius 3 is 2.50 bits per heavy atom. The molecule has 0 aliphatic heterocycles. The van der Waals surface area contributed by atoms with Gasteiger partial charge in [0.05, 0.1) is 6.54 Å². The Morgan fingerprint density at radius 1 is 1.33 bits per heavy atom. The van der Waals surface area contributed by atoms with Crippen LogP contribution in [-0.2, 0) is 4.79 Å². The van der Waals surface area contributed by atoms with Crippen molar-refractivity contribution in [2.75, 3.05) is 31.6 Å². The van der Waals surface area contributed by atoms with Crippen molar-refractivity contribution in [3.8, 4) is 0 Å². The van der Waals surface area contributed by atoms with E-state index in [0.717, 1.165) is 5.56 Å². The minimum Gasteiger partial charge on any atom is -0.350 e. The van der Waals surface area contributed by atoms with Gasteiger partial charge >= 0.3 is 0 Å². The number of nitrogens with zero attached hydrogens (tertiary/aromatic N) is 4. The second-order valence-electron chi connectivity index (χ2n) is 4.04. The standard InChI is InChI=1S/C12H19ClN4O/c1-5-17(6-2)10(18)7-16(4)12-9(3)11(13)14-8-15-12/h8H,5-7H2,1-4H3. The first-order chi connectivity index (χ1) is 8.51. The van der Waals surface area contributed by atoms with Crippen LogP contribution in [0.25, 0.3) is 0 Å². The lowest BCUT2D eigenvalue weighted by Gasteiger charge is -2.24. The molecule has 0 aliphatic carbocycles. The van der Waals surface area contributed by atoms with E-state index in [1.165, 1.54) is 6.33 Å². The minimum atomic E-state index is 0.0802. The summed E-state index contributed by atoms with van der Waals surface area (Å²) in [5.41, 5.74) is 0.786. The molecule has 0 aromatic carbocycles. The van der Waals surface area contributed by atoms with Crippen molar-refractivity contribution < 1.29 is 4.79 Å². The van der Waals surface area contributed by atoms with E-state index in [1.807, 2.05) is 27.8 Å². The molecule has 1 aromatic heterocycles. The molecule has 0 atom stereocenters. The van der Waals surface area contributed by atoms with E-state index >= 15 is 0 Å². The van der Waals surface area contributed by atoms with Crippen molar-refractivity contribution in [2.45, 2.75) is 20.8 Å². The average molecular weight is 271 g/mol. The zero-order valence-electron chi connectivity index (χ0n) is 11.3. The topological polar surface area (TPSA) is 49.3 Å². The van der Waals surface area contributed by atoms with Gasteiger partial charge in [-0.25, -0.2) is 9.97 Å². The molecule has 0 radical (unpaired) electrons. The number of carbonyl (C=O) groups is 1.